The number of hydrogen-bond donors (Lipinski definition) is 1. The predicted molar refractivity (Wildman–Crippen MR) is 64.6 cm³/mol. The fourth-order valence-corrected chi connectivity index (χ4v) is 2.41. The van der Waals surface area contributed by atoms with Crippen LogP contribution in [0.2, 0.25) is 5.15 Å². The fraction of sp³-hybridized carbons (Fsp3) is 0.545. The lowest BCUT2D eigenvalue weighted by atomic mass is 10.2. The molecule has 0 saturated carbocycles. The van der Waals surface area contributed by atoms with Crippen molar-refractivity contribution in [3.63, 3.8) is 0 Å². The van der Waals surface area contributed by atoms with Crippen LogP contribution in [0.3, 0.4) is 0 Å². The van der Waals surface area contributed by atoms with Crippen molar-refractivity contribution in [2.75, 3.05) is 18.1 Å². The van der Waals surface area contributed by atoms with Crippen molar-refractivity contribution in [2.24, 2.45) is 0 Å². The Kier molecular flexibility index (Phi) is 3.59. The van der Waals surface area contributed by atoms with Gasteiger partial charge in [-0.1, -0.05) is 11.6 Å². The van der Waals surface area contributed by atoms with Crippen molar-refractivity contribution in [3.05, 3.63) is 16.5 Å². The summed E-state index contributed by atoms with van der Waals surface area (Å²) in [4.78, 5) is 21.2. The molecule has 92 valence electrons. The maximum absolute atomic E-state index is 11.1. The summed E-state index contributed by atoms with van der Waals surface area (Å²) in [5.74, 6) is 1.06. The number of anilines is 1. The van der Waals surface area contributed by atoms with Crippen LogP contribution >= 0.6 is 11.6 Å². The van der Waals surface area contributed by atoms with Crippen molar-refractivity contribution >= 4 is 23.7 Å². The third-order valence-electron chi connectivity index (χ3n) is 2.97. The maximum Gasteiger partial charge on any atom is 0.156 e. The number of aliphatic hydroxyl groups is 1. The third kappa shape index (κ3) is 2.25. The van der Waals surface area contributed by atoms with Gasteiger partial charge in [-0.3, -0.25) is 4.79 Å². The summed E-state index contributed by atoms with van der Waals surface area (Å²) in [7, 11) is 0. The first kappa shape index (κ1) is 12.3. The Morgan fingerprint density at radius 2 is 2.35 bits per heavy atom. The summed E-state index contributed by atoms with van der Waals surface area (Å²) in [6.45, 7) is 2.56. The summed E-state index contributed by atoms with van der Waals surface area (Å²) in [5.41, 5.74) is 0.303. The number of aromatic nitrogens is 2. The van der Waals surface area contributed by atoms with E-state index in [4.69, 9.17) is 11.6 Å². The van der Waals surface area contributed by atoms with Crippen LogP contribution in [-0.2, 0) is 0 Å². The van der Waals surface area contributed by atoms with Crippen molar-refractivity contribution in [1.29, 1.82) is 0 Å². The maximum atomic E-state index is 11.1. The summed E-state index contributed by atoms with van der Waals surface area (Å²) in [5, 5.41) is 9.47. The highest BCUT2D eigenvalue weighted by molar-refractivity contribution is 6.32. The smallest absolute Gasteiger partial charge is 0.156 e. The molecule has 0 amide bonds. The van der Waals surface area contributed by atoms with Gasteiger partial charge in [0.2, 0.25) is 0 Å². The molecular weight excluding hydrogens is 242 g/mol. The molecule has 1 aromatic heterocycles. The van der Waals surface area contributed by atoms with Crippen LogP contribution in [-0.4, -0.2) is 40.6 Å². The van der Waals surface area contributed by atoms with Crippen molar-refractivity contribution in [1.82, 2.24) is 9.97 Å². The largest absolute Gasteiger partial charge is 0.394 e. The molecule has 0 aromatic carbocycles. The highest BCUT2D eigenvalue weighted by Gasteiger charge is 2.28. The Morgan fingerprint density at radius 3 is 3.00 bits per heavy atom. The average molecular weight is 256 g/mol. The van der Waals surface area contributed by atoms with Gasteiger partial charge in [0, 0.05) is 6.54 Å². The molecule has 1 saturated heterocycles. The van der Waals surface area contributed by atoms with Gasteiger partial charge in [0.15, 0.2) is 6.29 Å². The second-order valence-corrected chi connectivity index (χ2v) is 4.45. The number of halogens is 1. The topological polar surface area (TPSA) is 66.3 Å². The van der Waals surface area contributed by atoms with E-state index in [0.717, 1.165) is 19.4 Å². The minimum atomic E-state index is 0.0130. The second-order valence-electron chi connectivity index (χ2n) is 4.09. The summed E-state index contributed by atoms with van der Waals surface area (Å²) in [6, 6.07) is 0.0130. The number of hydrogen-bond acceptors (Lipinski definition) is 5. The molecule has 1 aromatic rings. The predicted octanol–water partition coefficient (Wildman–Crippen LogP) is 1.21. The highest BCUT2D eigenvalue weighted by Crippen LogP contribution is 2.29. The number of aliphatic hydroxyl groups excluding tert-OH is 1. The lowest BCUT2D eigenvalue weighted by molar-refractivity contribution is 0.112. The molecule has 6 heteroatoms. The summed E-state index contributed by atoms with van der Waals surface area (Å²) >= 11 is 5.93. The third-order valence-corrected chi connectivity index (χ3v) is 3.26. The van der Waals surface area contributed by atoms with Gasteiger partial charge in [-0.15, -0.1) is 0 Å². The fourth-order valence-electron chi connectivity index (χ4n) is 2.16. The second kappa shape index (κ2) is 4.98. The molecule has 0 radical (unpaired) electrons. The van der Waals surface area contributed by atoms with E-state index in [-0.39, 0.29) is 17.8 Å². The SMILES string of the molecule is Cc1nc(Cl)c(C=O)c(N2CCCC2CO)n1. The van der Waals surface area contributed by atoms with Gasteiger partial charge in [-0.05, 0) is 19.8 Å². The van der Waals surface area contributed by atoms with E-state index in [1.807, 2.05) is 4.90 Å². The van der Waals surface area contributed by atoms with Gasteiger partial charge in [-0.25, -0.2) is 9.97 Å². The molecule has 1 N–H and O–H groups in total. The number of carbonyl (C=O) groups is 1. The average Bonchev–Trinajstić information content (AvgIpc) is 2.75. The molecule has 1 atom stereocenters. The Labute approximate surface area is 104 Å². The monoisotopic (exact) mass is 255 g/mol. The van der Waals surface area contributed by atoms with Gasteiger partial charge in [-0.2, -0.15) is 0 Å². The molecule has 0 aliphatic carbocycles. The number of rotatable bonds is 3. The molecule has 2 rings (SSSR count). The molecular formula is C11H14ClN3O2. The summed E-state index contributed by atoms with van der Waals surface area (Å²) in [6.07, 6.45) is 2.55. The van der Waals surface area contributed by atoms with E-state index >= 15 is 0 Å². The van der Waals surface area contributed by atoms with Crippen molar-refractivity contribution < 1.29 is 9.90 Å². The molecule has 1 aliphatic heterocycles. The minimum absolute atomic E-state index is 0.0130. The molecule has 17 heavy (non-hydrogen) atoms. The van der Waals surface area contributed by atoms with E-state index in [1.165, 1.54) is 0 Å². The zero-order valence-electron chi connectivity index (χ0n) is 9.56. The number of nitrogens with zero attached hydrogens (tertiary/aromatic N) is 3. The molecule has 2 heterocycles. The van der Waals surface area contributed by atoms with Gasteiger partial charge in [0.05, 0.1) is 18.2 Å². The van der Waals surface area contributed by atoms with Crippen LogP contribution in [0, 0.1) is 6.92 Å². The summed E-state index contributed by atoms with van der Waals surface area (Å²) < 4.78 is 0. The van der Waals surface area contributed by atoms with Gasteiger partial charge < -0.3 is 10.0 Å². The molecule has 1 aliphatic rings. The Hall–Kier alpha value is -1.20. The van der Waals surface area contributed by atoms with E-state index in [2.05, 4.69) is 9.97 Å². The van der Waals surface area contributed by atoms with Gasteiger partial charge >= 0.3 is 0 Å². The molecule has 1 fully saturated rings. The van der Waals surface area contributed by atoms with Crippen molar-refractivity contribution in [2.45, 2.75) is 25.8 Å². The highest BCUT2D eigenvalue weighted by atomic mass is 35.5. The van der Waals surface area contributed by atoms with E-state index in [1.54, 1.807) is 6.92 Å². The normalized spacial score (nSPS) is 19.7. The first-order valence-electron chi connectivity index (χ1n) is 5.54. The Balaban J connectivity index is 2.46. The van der Waals surface area contributed by atoms with Crippen LogP contribution in [0.4, 0.5) is 5.82 Å². The van der Waals surface area contributed by atoms with E-state index < -0.39 is 0 Å². The first-order valence-corrected chi connectivity index (χ1v) is 5.92. The van der Waals surface area contributed by atoms with E-state index in [9.17, 15) is 9.90 Å². The van der Waals surface area contributed by atoms with Gasteiger partial charge in [0.25, 0.3) is 0 Å². The van der Waals surface area contributed by atoms with Crippen LogP contribution in [0.25, 0.3) is 0 Å². The Morgan fingerprint density at radius 1 is 1.59 bits per heavy atom. The lowest BCUT2D eigenvalue weighted by Crippen LogP contribution is -2.33. The van der Waals surface area contributed by atoms with Gasteiger partial charge in [0.1, 0.15) is 16.8 Å². The molecule has 0 bridgehead atoms. The lowest BCUT2D eigenvalue weighted by Gasteiger charge is -2.25. The number of carbonyl (C=O) groups excluding carboxylic acids is 1. The van der Waals surface area contributed by atoms with Crippen LogP contribution < -0.4 is 4.90 Å². The van der Waals surface area contributed by atoms with Crippen LogP contribution in [0.1, 0.15) is 29.0 Å². The quantitative estimate of drug-likeness (QED) is 0.650. The first-order chi connectivity index (χ1) is 8.17. The van der Waals surface area contributed by atoms with Crippen LogP contribution in [0.15, 0.2) is 0 Å². The molecule has 0 spiro atoms. The number of aldehydes is 1. The zero-order valence-corrected chi connectivity index (χ0v) is 10.3. The molecule has 1 unspecified atom stereocenters. The van der Waals surface area contributed by atoms with Crippen molar-refractivity contribution in [3.8, 4) is 0 Å². The minimum Gasteiger partial charge on any atom is -0.394 e. The standard InChI is InChI=1S/C11H14ClN3O2/c1-7-13-10(12)9(6-17)11(14-7)15-4-2-3-8(15)5-16/h6,8,16H,2-5H2,1H3. The van der Waals surface area contributed by atoms with E-state index in [0.29, 0.717) is 23.5 Å². The number of aryl methyl sites for hydroxylation is 1. The molecule has 5 nitrogen and oxygen atoms in total. The Bertz CT molecular complexity index is 439. The zero-order chi connectivity index (χ0) is 12.4. The van der Waals surface area contributed by atoms with Crippen LogP contribution in [0.5, 0.6) is 0 Å².